The zero-order valence-electron chi connectivity index (χ0n) is 21.4. The minimum Gasteiger partial charge on any atom is -0.504 e. The number of aromatic hydroxyl groups is 1. The van der Waals surface area contributed by atoms with Crippen LogP contribution >= 0.6 is 0 Å². The van der Waals surface area contributed by atoms with Crippen molar-refractivity contribution in [2.45, 2.75) is 96.9 Å². The summed E-state index contributed by atoms with van der Waals surface area (Å²) in [6.07, 6.45) is 6.70. The van der Waals surface area contributed by atoms with Gasteiger partial charge in [0.15, 0.2) is 11.5 Å². The minimum atomic E-state index is -0.497. The van der Waals surface area contributed by atoms with Gasteiger partial charge in [-0.2, -0.15) is 0 Å². The number of benzene rings is 1. The monoisotopic (exact) mass is 478 g/mol. The first kappa shape index (κ1) is 28.4. The van der Waals surface area contributed by atoms with Gasteiger partial charge in [0.2, 0.25) is 0 Å². The molecule has 1 aliphatic heterocycles. The Balaban J connectivity index is 1.86. The predicted molar refractivity (Wildman–Crippen MR) is 135 cm³/mol. The molecule has 1 aromatic carbocycles. The van der Waals surface area contributed by atoms with Crippen molar-refractivity contribution in [2.75, 3.05) is 26.2 Å². The molecule has 0 amide bonds. The first-order chi connectivity index (χ1) is 16.4. The van der Waals surface area contributed by atoms with E-state index in [0.717, 1.165) is 63.8 Å². The molecule has 34 heavy (non-hydrogen) atoms. The molecule has 1 aliphatic rings. The molecule has 1 fully saturated rings. The van der Waals surface area contributed by atoms with E-state index in [4.69, 9.17) is 9.47 Å². The molecule has 1 aromatic rings. The van der Waals surface area contributed by atoms with Crippen LogP contribution < -0.4 is 15.4 Å². The Kier molecular flexibility index (Phi) is 13.3. The Labute approximate surface area is 205 Å². The average molecular weight is 479 g/mol. The van der Waals surface area contributed by atoms with Crippen LogP contribution in [-0.4, -0.2) is 60.7 Å². The summed E-state index contributed by atoms with van der Waals surface area (Å²) in [6, 6.07) is 5.42. The van der Waals surface area contributed by atoms with Crippen LogP contribution in [0, 0.1) is 5.92 Å². The van der Waals surface area contributed by atoms with E-state index < -0.39 is 6.10 Å². The molecule has 7 nitrogen and oxygen atoms in total. The second kappa shape index (κ2) is 16.0. The molecule has 0 radical (unpaired) electrons. The number of phenols is 1. The molecule has 0 bridgehead atoms. The van der Waals surface area contributed by atoms with Gasteiger partial charge in [-0.05, 0) is 94.7 Å². The molecule has 194 valence electrons. The van der Waals surface area contributed by atoms with Crippen molar-refractivity contribution in [2.24, 2.45) is 5.92 Å². The van der Waals surface area contributed by atoms with Gasteiger partial charge in [-0.3, -0.25) is 4.79 Å². The number of hydrogen-bond acceptors (Lipinski definition) is 7. The summed E-state index contributed by atoms with van der Waals surface area (Å²) >= 11 is 0. The predicted octanol–water partition coefficient (Wildman–Crippen LogP) is 3.94. The molecule has 1 heterocycles. The molecular formula is C27H46N2O5. The van der Waals surface area contributed by atoms with Gasteiger partial charge in [0, 0.05) is 13.3 Å². The number of carbonyl (C=O) groups excluding carboxylic acids is 1. The van der Waals surface area contributed by atoms with Crippen LogP contribution in [0.15, 0.2) is 18.2 Å². The third-order valence-electron chi connectivity index (χ3n) is 6.57. The zero-order valence-corrected chi connectivity index (χ0v) is 21.4. The van der Waals surface area contributed by atoms with Crippen molar-refractivity contribution in [3.63, 3.8) is 0 Å². The van der Waals surface area contributed by atoms with E-state index in [1.807, 2.05) is 12.1 Å². The zero-order chi connectivity index (χ0) is 24.8. The highest BCUT2D eigenvalue weighted by atomic mass is 16.5. The lowest BCUT2D eigenvalue weighted by Crippen LogP contribution is -2.34. The summed E-state index contributed by atoms with van der Waals surface area (Å²) in [5.41, 5.74) is 1.02. The molecule has 0 aromatic heterocycles. The Morgan fingerprint density at radius 3 is 2.65 bits per heavy atom. The maximum absolute atomic E-state index is 11.7. The van der Waals surface area contributed by atoms with Gasteiger partial charge >= 0.3 is 5.97 Å². The van der Waals surface area contributed by atoms with E-state index in [-0.39, 0.29) is 23.9 Å². The molecule has 3 unspecified atom stereocenters. The van der Waals surface area contributed by atoms with Gasteiger partial charge in [0.05, 0.1) is 6.10 Å². The van der Waals surface area contributed by atoms with Gasteiger partial charge in [0.1, 0.15) is 12.2 Å². The Morgan fingerprint density at radius 2 is 1.97 bits per heavy atom. The quantitative estimate of drug-likeness (QED) is 0.211. The fourth-order valence-electron chi connectivity index (χ4n) is 4.47. The lowest BCUT2D eigenvalue weighted by molar-refractivity contribution is -0.148. The second-order valence-electron chi connectivity index (χ2n) is 9.58. The summed E-state index contributed by atoms with van der Waals surface area (Å²) in [4.78, 5) is 11.7. The summed E-state index contributed by atoms with van der Waals surface area (Å²) in [7, 11) is 0. The number of aryl methyl sites for hydroxylation is 1. The van der Waals surface area contributed by atoms with E-state index in [1.165, 1.54) is 6.92 Å². The van der Waals surface area contributed by atoms with Gasteiger partial charge in [0.25, 0.3) is 0 Å². The number of aliphatic hydroxyl groups is 1. The van der Waals surface area contributed by atoms with Crippen LogP contribution in [-0.2, 0) is 16.0 Å². The number of ether oxygens (including phenoxy) is 2. The van der Waals surface area contributed by atoms with Gasteiger partial charge in [-0.1, -0.05) is 26.3 Å². The first-order valence-electron chi connectivity index (χ1n) is 13.2. The number of carbonyl (C=O) groups is 1. The van der Waals surface area contributed by atoms with E-state index in [2.05, 4.69) is 24.5 Å². The number of phenolic OH excluding ortho intramolecular Hbond substituents is 1. The van der Waals surface area contributed by atoms with Gasteiger partial charge in [-0.15, -0.1) is 0 Å². The highest BCUT2D eigenvalue weighted by Crippen LogP contribution is 2.30. The maximum atomic E-state index is 11.7. The first-order valence-corrected chi connectivity index (χ1v) is 13.2. The van der Waals surface area contributed by atoms with Crippen molar-refractivity contribution in [3.05, 3.63) is 23.8 Å². The molecule has 0 aliphatic carbocycles. The number of piperidine rings is 1. The minimum absolute atomic E-state index is 0.107. The molecule has 0 saturated carbocycles. The van der Waals surface area contributed by atoms with Crippen molar-refractivity contribution in [1.82, 2.24) is 10.6 Å². The molecule has 3 atom stereocenters. The molecule has 4 N–H and O–H groups in total. The molecule has 0 spiro atoms. The van der Waals surface area contributed by atoms with Crippen LogP contribution in [0.5, 0.6) is 11.5 Å². The Hall–Kier alpha value is -1.83. The number of hydrogen-bond donors (Lipinski definition) is 4. The second-order valence-corrected chi connectivity index (χ2v) is 9.58. The van der Waals surface area contributed by atoms with E-state index in [0.29, 0.717) is 37.4 Å². The highest BCUT2D eigenvalue weighted by molar-refractivity contribution is 5.66. The third-order valence-corrected chi connectivity index (χ3v) is 6.57. The average Bonchev–Trinajstić information content (AvgIpc) is 2.82. The summed E-state index contributed by atoms with van der Waals surface area (Å²) < 4.78 is 11.6. The third kappa shape index (κ3) is 11.1. The van der Waals surface area contributed by atoms with Crippen LogP contribution in [0.3, 0.4) is 0 Å². The smallest absolute Gasteiger partial charge is 0.302 e. The molecular weight excluding hydrogens is 432 g/mol. The molecule has 7 heteroatoms. The lowest BCUT2D eigenvalue weighted by atomic mass is 9.95. The normalized spacial score (nSPS) is 17.2. The molecule has 2 rings (SSSR count). The van der Waals surface area contributed by atoms with E-state index in [9.17, 15) is 15.0 Å². The number of nitrogens with one attached hydrogen (secondary N) is 2. The van der Waals surface area contributed by atoms with Crippen molar-refractivity contribution in [3.8, 4) is 11.5 Å². The summed E-state index contributed by atoms with van der Waals surface area (Å²) in [6.45, 7) is 9.61. The number of rotatable bonds is 16. The van der Waals surface area contributed by atoms with E-state index >= 15 is 0 Å². The van der Waals surface area contributed by atoms with Crippen LogP contribution in [0.2, 0.25) is 0 Å². The lowest BCUT2D eigenvalue weighted by Gasteiger charge is -2.24. The standard InChI is InChI=1S/C27H46N2O5/c1-4-14-29-19-21(5-2)6-9-23(31)18-25(33-20(3)30)10-7-22-8-11-26(32)27(17-22)34-24-12-15-28-16-13-24/h8,11,17,21,23-25,28-29,31-32H,4-7,9-10,12-16,18-19H2,1-3H3. The van der Waals surface area contributed by atoms with Crippen LogP contribution in [0.1, 0.15) is 77.7 Å². The van der Waals surface area contributed by atoms with Crippen molar-refractivity contribution < 1.29 is 24.5 Å². The van der Waals surface area contributed by atoms with Crippen LogP contribution in [0.25, 0.3) is 0 Å². The largest absolute Gasteiger partial charge is 0.504 e. The van der Waals surface area contributed by atoms with Crippen molar-refractivity contribution >= 4 is 5.97 Å². The SMILES string of the molecule is CCCNCC(CC)CCC(O)CC(CCc1ccc(O)c(OC2CCNCC2)c1)OC(C)=O. The Morgan fingerprint density at radius 1 is 1.21 bits per heavy atom. The highest BCUT2D eigenvalue weighted by Gasteiger charge is 2.20. The number of aliphatic hydroxyl groups excluding tert-OH is 1. The Bertz CT molecular complexity index is 708. The molecule has 1 saturated heterocycles. The van der Waals surface area contributed by atoms with Crippen LogP contribution in [0.4, 0.5) is 0 Å². The van der Waals surface area contributed by atoms with E-state index in [1.54, 1.807) is 6.07 Å². The summed E-state index contributed by atoms with van der Waals surface area (Å²) in [5.74, 6) is 0.876. The number of esters is 1. The maximum Gasteiger partial charge on any atom is 0.302 e. The topological polar surface area (TPSA) is 100 Å². The fourth-order valence-corrected chi connectivity index (χ4v) is 4.47. The van der Waals surface area contributed by atoms with Gasteiger partial charge in [-0.25, -0.2) is 0 Å². The van der Waals surface area contributed by atoms with Gasteiger partial charge < -0.3 is 30.3 Å². The van der Waals surface area contributed by atoms with Crippen molar-refractivity contribution in [1.29, 1.82) is 0 Å². The summed E-state index contributed by atoms with van der Waals surface area (Å²) in [5, 5.41) is 27.6. The fraction of sp³-hybridized carbons (Fsp3) is 0.741.